The first-order chi connectivity index (χ1) is 7.65. The van der Waals surface area contributed by atoms with Gasteiger partial charge in [0, 0.05) is 30.9 Å². The summed E-state index contributed by atoms with van der Waals surface area (Å²) < 4.78 is 0. The average Bonchev–Trinajstić information content (AvgIpc) is 2.26. The summed E-state index contributed by atoms with van der Waals surface area (Å²) >= 11 is 5.97. The quantitative estimate of drug-likeness (QED) is 0.811. The van der Waals surface area contributed by atoms with Gasteiger partial charge < -0.3 is 10.2 Å². The molecule has 1 heterocycles. The molecule has 5 heteroatoms. The Kier molecular flexibility index (Phi) is 8.52. The van der Waals surface area contributed by atoms with Gasteiger partial charge >= 0.3 is 0 Å². The summed E-state index contributed by atoms with van der Waals surface area (Å²) in [5.74, 6) is 0. The molecule has 0 aliphatic rings. The van der Waals surface area contributed by atoms with Crippen LogP contribution in [0, 0.1) is 0 Å². The van der Waals surface area contributed by atoms with Gasteiger partial charge in [-0.25, -0.2) is 4.98 Å². The molecule has 0 spiro atoms. The van der Waals surface area contributed by atoms with Crippen LogP contribution in [0.15, 0.2) is 18.3 Å². The molecule has 0 fully saturated rings. The number of pyridine rings is 1. The molecule has 17 heavy (non-hydrogen) atoms. The fourth-order valence-electron chi connectivity index (χ4n) is 1.62. The van der Waals surface area contributed by atoms with Gasteiger partial charge in [-0.1, -0.05) is 24.6 Å². The molecule has 1 atom stereocenters. The molecule has 1 aromatic rings. The molecule has 0 saturated carbocycles. The van der Waals surface area contributed by atoms with Crippen LogP contribution < -0.4 is 5.32 Å². The highest BCUT2D eigenvalue weighted by molar-refractivity contribution is 6.30. The van der Waals surface area contributed by atoms with E-state index < -0.39 is 0 Å². The van der Waals surface area contributed by atoms with Crippen molar-refractivity contribution in [3.63, 3.8) is 0 Å². The van der Waals surface area contributed by atoms with E-state index in [0.717, 1.165) is 25.1 Å². The Morgan fingerprint density at radius 1 is 1.47 bits per heavy atom. The fourth-order valence-corrected chi connectivity index (χ4v) is 1.80. The predicted octanol–water partition coefficient (Wildman–Crippen LogP) is 2.59. The van der Waals surface area contributed by atoms with Crippen LogP contribution in [0.1, 0.15) is 18.9 Å². The number of likely N-dealkylation sites (N-methyl/N-ethyl adjacent to an activating group) is 1. The van der Waals surface area contributed by atoms with Crippen molar-refractivity contribution in [1.29, 1.82) is 0 Å². The second-order valence-corrected chi connectivity index (χ2v) is 4.47. The minimum Gasteiger partial charge on any atom is -0.311 e. The van der Waals surface area contributed by atoms with E-state index in [2.05, 4.69) is 36.2 Å². The van der Waals surface area contributed by atoms with Crippen molar-refractivity contribution in [1.82, 2.24) is 15.2 Å². The van der Waals surface area contributed by atoms with Gasteiger partial charge in [0.1, 0.15) is 5.15 Å². The minimum absolute atomic E-state index is 0. The van der Waals surface area contributed by atoms with Crippen LogP contribution in [0.2, 0.25) is 5.15 Å². The Bertz CT molecular complexity index is 318. The Labute approximate surface area is 115 Å². The third-order valence-electron chi connectivity index (χ3n) is 2.73. The van der Waals surface area contributed by atoms with Gasteiger partial charge in [0.25, 0.3) is 0 Å². The zero-order chi connectivity index (χ0) is 12.0. The SMILES string of the molecule is CCC(CNCc1cccnc1Cl)N(C)C.Cl. The zero-order valence-corrected chi connectivity index (χ0v) is 12.2. The number of aromatic nitrogens is 1. The Morgan fingerprint density at radius 3 is 2.71 bits per heavy atom. The molecule has 1 unspecified atom stereocenters. The van der Waals surface area contributed by atoms with Crippen LogP contribution in [0.3, 0.4) is 0 Å². The predicted molar refractivity (Wildman–Crippen MR) is 76.0 cm³/mol. The number of halogens is 2. The Morgan fingerprint density at radius 2 is 2.18 bits per heavy atom. The molecule has 1 rings (SSSR count). The van der Waals surface area contributed by atoms with Crippen LogP contribution >= 0.6 is 24.0 Å². The van der Waals surface area contributed by atoms with Crippen molar-refractivity contribution in [2.45, 2.75) is 25.9 Å². The zero-order valence-electron chi connectivity index (χ0n) is 10.6. The van der Waals surface area contributed by atoms with Crippen molar-refractivity contribution in [3.8, 4) is 0 Å². The van der Waals surface area contributed by atoms with E-state index in [4.69, 9.17) is 11.6 Å². The maximum atomic E-state index is 5.97. The molecule has 0 bridgehead atoms. The second-order valence-electron chi connectivity index (χ2n) is 4.11. The van der Waals surface area contributed by atoms with E-state index in [-0.39, 0.29) is 12.4 Å². The highest BCUT2D eigenvalue weighted by Gasteiger charge is 2.08. The maximum absolute atomic E-state index is 5.97. The molecule has 0 aliphatic carbocycles. The highest BCUT2D eigenvalue weighted by Crippen LogP contribution is 2.10. The van der Waals surface area contributed by atoms with E-state index in [1.54, 1.807) is 6.20 Å². The number of hydrogen-bond donors (Lipinski definition) is 1. The minimum atomic E-state index is 0. The van der Waals surface area contributed by atoms with Crippen LogP contribution in [-0.2, 0) is 6.54 Å². The summed E-state index contributed by atoms with van der Waals surface area (Å²) in [6, 6.07) is 4.47. The molecule has 1 N–H and O–H groups in total. The van der Waals surface area contributed by atoms with Crippen LogP contribution in [0.4, 0.5) is 0 Å². The monoisotopic (exact) mass is 277 g/mol. The molecular formula is C12H21Cl2N3. The van der Waals surface area contributed by atoms with E-state index in [1.165, 1.54) is 0 Å². The molecule has 98 valence electrons. The number of nitrogens with zero attached hydrogens (tertiary/aromatic N) is 2. The summed E-state index contributed by atoms with van der Waals surface area (Å²) in [4.78, 5) is 6.28. The molecular weight excluding hydrogens is 257 g/mol. The summed E-state index contributed by atoms with van der Waals surface area (Å²) in [5.41, 5.74) is 1.05. The molecule has 0 aliphatic heterocycles. The van der Waals surface area contributed by atoms with E-state index in [9.17, 15) is 0 Å². The van der Waals surface area contributed by atoms with E-state index in [0.29, 0.717) is 11.2 Å². The Hall–Kier alpha value is -0.350. The van der Waals surface area contributed by atoms with Gasteiger partial charge in [0.15, 0.2) is 0 Å². The summed E-state index contributed by atoms with van der Waals surface area (Å²) in [7, 11) is 4.21. The number of nitrogens with one attached hydrogen (secondary N) is 1. The number of hydrogen-bond acceptors (Lipinski definition) is 3. The van der Waals surface area contributed by atoms with Gasteiger partial charge in [-0.2, -0.15) is 0 Å². The molecule has 1 aromatic heterocycles. The fraction of sp³-hybridized carbons (Fsp3) is 0.583. The van der Waals surface area contributed by atoms with E-state index >= 15 is 0 Å². The van der Waals surface area contributed by atoms with Crippen LogP contribution in [-0.4, -0.2) is 36.6 Å². The van der Waals surface area contributed by atoms with Gasteiger partial charge in [0.2, 0.25) is 0 Å². The van der Waals surface area contributed by atoms with Crippen molar-refractivity contribution < 1.29 is 0 Å². The molecule has 0 saturated heterocycles. The second kappa shape index (κ2) is 8.70. The van der Waals surface area contributed by atoms with Crippen molar-refractivity contribution in [2.24, 2.45) is 0 Å². The van der Waals surface area contributed by atoms with Crippen molar-refractivity contribution >= 4 is 24.0 Å². The van der Waals surface area contributed by atoms with Gasteiger partial charge in [-0.15, -0.1) is 12.4 Å². The van der Waals surface area contributed by atoms with Gasteiger partial charge in [-0.3, -0.25) is 0 Å². The number of rotatable bonds is 6. The first kappa shape index (κ1) is 16.6. The smallest absolute Gasteiger partial charge is 0.133 e. The standard InChI is InChI=1S/C12H20ClN3.ClH/c1-4-11(16(2)3)9-14-8-10-6-5-7-15-12(10)13;/h5-7,11,14H,4,8-9H2,1-3H3;1H. The third-order valence-corrected chi connectivity index (χ3v) is 3.07. The lowest BCUT2D eigenvalue weighted by molar-refractivity contribution is 0.276. The first-order valence-corrected chi connectivity index (χ1v) is 5.99. The van der Waals surface area contributed by atoms with Crippen LogP contribution in [0.25, 0.3) is 0 Å². The molecule has 0 radical (unpaired) electrons. The normalized spacial score (nSPS) is 12.3. The topological polar surface area (TPSA) is 28.2 Å². The summed E-state index contributed by atoms with van der Waals surface area (Å²) in [6.07, 6.45) is 2.85. The first-order valence-electron chi connectivity index (χ1n) is 5.61. The van der Waals surface area contributed by atoms with Crippen LogP contribution in [0.5, 0.6) is 0 Å². The largest absolute Gasteiger partial charge is 0.311 e. The lowest BCUT2D eigenvalue weighted by Crippen LogP contribution is -2.37. The van der Waals surface area contributed by atoms with Crippen molar-refractivity contribution in [3.05, 3.63) is 29.0 Å². The highest BCUT2D eigenvalue weighted by atomic mass is 35.5. The summed E-state index contributed by atoms with van der Waals surface area (Å²) in [5, 5.41) is 4.00. The third kappa shape index (κ3) is 5.68. The van der Waals surface area contributed by atoms with Gasteiger partial charge in [0.05, 0.1) is 0 Å². The Balaban J connectivity index is 0.00000256. The molecule has 0 aromatic carbocycles. The van der Waals surface area contributed by atoms with Crippen molar-refractivity contribution in [2.75, 3.05) is 20.6 Å². The lowest BCUT2D eigenvalue weighted by atomic mass is 10.2. The molecule has 3 nitrogen and oxygen atoms in total. The summed E-state index contributed by atoms with van der Waals surface area (Å²) in [6.45, 7) is 3.94. The average molecular weight is 278 g/mol. The van der Waals surface area contributed by atoms with Gasteiger partial charge in [-0.05, 0) is 26.6 Å². The maximum Gasteiger partial charge on any atom is 0.133 e. The molecule has 0 amide bonds. The van der Waals surface area contributed by atoms with E-state index in [1.807, 2.05) is 12.1 Å². The lowest BCUT2D eigenvalue weighted by Gasteiger charge is -2.23.